The van der Waals surface area contributed by atoms with Gasteiger partial charge in [0.15, 0.2) is 0 Å². The lowest BCUT2D eigenvalue weighted by Gasteiger charge is -2.34. The molecule has 4 nitrogen and oxygen atoms in total. The first-order chi connectivity index (χ1) is 9.22. The van der Waals surface area contributed by atoms with E-state index in [0.717, 1.165) is 25.3 Å². The Bertz CT molecular complexity index is 444. The van der Waals surface area contributed by atoms with Crippen LogP contribution in [0.1, 0.15) is 32.3 Å². The summed E-state index contributed by atoms with van der Waals surface area (Å²) in [6.07, 6.45) is 6.00. The molecule has 1 atom stereocenters. The summed E-state index contributed by atoms with van der Waals surface area (Å²) in [4.78, 5) is 6.49. The minimum Gasteiger partial charge on any atom is -0.366 e. The van der Waals surface area contributed by atoms with E-state index in [1.807, 2.05) is 6.20 Å². The second kappa shape index (κ2) is 6.53. The zero-order valence-corrected chi connectivity index (χ0v) is 11.8. The minimum atomic E-state index is 0.373. The van der Waals surface area contributed by atoms with Crippen molar-refractivity contribution < 1.29 is 0 Å². The van der Waals surface area contributed by atoms with Gasteiger partial charge in [-0.1, -0.05) is 0 Å². The molecule has 1 aliphatic heterocycles. The maximum atomic E-state index is 9.24. The molecule has 1 saturated heterocycles. The van der Waals surface area contributed by atoms with Crippen molar-refractivity contribution >= 4 is 5.69 Å². The molecule has 1 aromatic rings. The van der Waals surface area contributed by atoms with Gasteiger partial charge in [-0.05, 0) is 51.8 Å². The van der Waals surface area contributed by atoms with E-state index in [0.29, 0.717) is 17.5 Å². The summed E-state index contributed by atoms with van der Waals surface area (Å²) in [6.45, 7) is 7.54. The van der Waals surface area contributed by atoms with Crippen LogP contribution >= 0.6 is 0 Å². The highest BCUT2D eigenvalue weighted by molar-refractivity contribution is 5.58. The van der Waals surface area contributed by atoms with Crippen LogP contribution in [-0.4, -0.2) is 30.7 Å². The second-order valence-corrected chi connectivity index (χ2v) is 5.46. The number of pyridine rings is 1. The van der Waals surface area contributed by atoms with Crippen LogP contribution in [-0.2, 0) is 0 Å². The molecule has 1 aliphatic rings. The van der Waals surface area contributed by atoms with Crippen molar-refractivity contribution in [3.05, 3.63) is 24.0 Å². The van der Waals surface area contributed by atoms with Crippen molar-refractivity contribution in [2.45, 2.75) is 32.7 Å². The number of piperidine rings is 1. The van der Waals surface area contributed by atoms with E-state index in [9.17, 15) is 5.26 Å². The highest BCUT2D eigenvalue weighted by atomic mass is 15.2. The van der Waals surface area contributed by atoms with E-state index in [-0.39, 0.29) is 0 Å². The van der Waals surface area contributed by atoms with Crippen molar-refractivity contribution in [3.63, 3.8) is 0 Å². The summed E-state index contributed by atoms with van der Waals surface area (Å²) >= 11 is 0. The number of rotatable bonds is 4. The number of anilines is 1. The van der Waals surface area contributed by atoms with Crippen molar-refractivity contribution in [2.24, 2.45) is 5.92 Å². The maximum absolute atomic E-state index is 9.24. The first kappa shape index (κ1) is 13.8. The molecule has 1 N–H and O–H groups in total. The van der Waals surface area contributed by atoms with Crippen molar-refractivity contribution in [2.75, 3.05) is 24.5 Å². The Balaban J connectivity index is 2.17. The lowest BCUT2D eigenvalue weighted by Crippen LogP contribution is -2.41. The smallest absolute Gasteiger partial charge is 0.101 e. The van der Waals surface area contributed by atoms with Crippen molar-refractivity contribution in [1.82, 2.24) is 10.3 Å². The lowest BCUT2D eigenvalue weighted by atomic mass is 9.98. The number of hydrogen-bond acceptors (Lipinski definition) is 4. The first-order valence-electron chi connectivity index (χ1n) is 7.04. The van der Waals surface area contributed by atoms with Gasteiger partial charge in [0.25, 0.3) is 0 Å². The molecule has 0 radical (unpaired) electrons. The number of nitriles is 1. The summed E-state index contributed by atoms with van der Waals surface area (Å²) in [5, 5.41) is 12.7. The molecule has 0 aliphatic carbocycles. The highest BCUT2D eigenvalue weighted by Crippen LogP contribution is 2.23. The summed E-state index contributed by atoms with van der Waals surface area (Å²) < 4.78 is 0. The van der Waals surface area contributed by atoms with E-state index < -0.39 is 0 Å². The Morgan fingerprint density at radius 1 is 1.58 bits per heavy atom. The van der Waals surface area contributed by atoms with Gasteiger partial charge in [-0.2, -0.15) is 5.26 Å². The van der Waals surface area contributed by atoms with E-state index in [1.165, 1.54) is 12.8 Å². The Labute approximate surface area is 115 Å². The molecular formula is C15H22N4. The molecule has 0 amide bonds. The molecule has 2 heterocycles. The summed E-state index contributed by atoms with van der Waals surface area (Å²) in [7, 11) is 0. The van der Waals surface area contributed by atoms with E-state index in [1.54, 1.807) is 12.3 Å². The third-order valence-electron chi connectivity index (χ3n) is 3.71. The molecule has 0 saturated carbocycles. The molecule has 1 aromatic heterocycles. The summed E-state index contributed by atoms with van der Waals surface area (Å²) in [5.74, 6) is 0.655. The Morgan fingerprint density at radius 2 is 2.42 bits per heavy atom. The predicted molar refractivity (Wildman–Crippen MR) is 77.0 cm³/mol. The van der Waals surface area contributed by atoms with Crippen LogP contribution in [0, 0.1) is 17.2 Å². The van der Waals surface area contributed by atoms with Crippen LogP contribution in [0.3, 0.4) is 0 Å². The average molecular weight is 258 g/mol. The lowest BCUT2D eigenvalue weighted by molar-refractivity contribution is 0.371. The molecular weight excluding hydrogens is 236 g/mol. The van der Waals surface area contributed by atoms with Gasteiger partial charge in [-0.3, -0.25) is 4.98 Å². The topological polar surface area (TPSA) is 52.0 Å². The molecule has 19 heavy (non-hydrogen) atoms. The Kier molecular flexibility index (Phi) is 4.75. The van der Waals surface area contributed by atoms with E-state index in [4.69, 9.17) is 0 Å². The second-order valence-electron chi connectivity index (χ2n) is 5.46. The number of aromatic nitrogens is 1. The van der Waals surface area contributed by atoms with E-state index in [2.05, 4.69) is 35.1 Å². The molecule has 102 valence electrons. The van der Waals surface area contributed by atoms with Crippen LogP contribution in [0.15, 0.2) is 18.5 Å². The summed E-state index contributed by atoms with van der Waals surface area (Å²) in [6, 6.07) is 4.44. The van der Waals surface area contributed by atoms with Gasteiger partial charge in [0.1, 0.15) is 6.07 Å². The average Bonchev–Trinajstić information content (AvgIpc) is 2.45. The molecule has 0 aromatic carbocycles. The first-order valence-corrected chi connectivity index (χ1v) is 7.04. The number of nitrogens with zero attached hydrogens (tertiary/aromatic N) is 3. The predicted octanol–water partition coefficient (Wildman–Crippen LogP) is 2.17. The van der Waals surface area contributed by atoms with Gasteiger partial charge in [0.05, 0.1) is 17.4 Å². The molecule has 4 heteroatoms. The molecule has 0 bridgehead atoms. The van der Waals surface area contributed by atoms with E-state index >= 15 is 0 Å². The fraction of sp³-hybridized carbons (Fsp3) is 0.600. The molecule has 1 fully saturated rings. The zero-order chi connectivity index (χ0) is 13.7. The minimum absolute atomic E-state index is 0.373. The molecule has 0 spiro atoms. The quantitative estimate of drug-likeness (QED) is 0.899. The van der Waals surface area contributed by atoms with Crippen LogP contribution in [0.25, 0.3) is 0 Å². The van der Waals surface area contributed by atoms with Crippen molar-refractivity contribution in [1.29, 1.82) is 5.26 Å². The third-order valence-corrected chi connectivity index (χ3v) is 3.71. The third kappa shape index (κ3) is 3.45. The van der Waals surface area contributed by atoms with Gasteiger partial charge < -0.3 is 10.2 Å². The highest BCUT2D eigenvalue weighted by Gasteiger charge is 2.21. The molecule has 1 unspecified atom stereocenters. The van der Waals surface area contributed by atoms with Gasteiger partial charge in [0.2, 0.25) is 0 Å². The fourth-order valence-corrected chi connectivity index (χ4v) is 2.65. The monoisotopic (exact) mass is 258 g/mol. The largest absolute Gasteiger partial charge is 0.366 e. The van der Waals surface area contributed by atoms with Gasteiger partial charge in [-0.15, -0.1) is 0 Å². The van der Waals surface area contributed by atoms with Gasteiger partial charge in [-0.25, -0.2) is 0 Å². The number of nitrogens with one attached hydrogen (secondary N) is 1. The van der Waals surface area contributed by atoms with Crippen LogP contribution < -0.4 is 10.2 Å². The SMILES string of the molecule is CC(C)N(CC1CCCNC1)c1cnccc1C#N. The fourth-order valence-electron chi connectivity index (χ4n) is 2.65. The zero-order valence-electron chi connectivity index (χ0n) is 11.8. The van der Waals surface area contributed by atoms with Crippen LogP contribution in [0.2, 0.25) is 0 Å². The number of hydrogen-bond donors (Lipinski definition) is 1. The Hall–Kier alpha value is -1.60. The van der Waals surface area contributed by atoms with Crippen LogP contribution in [0.4, 0.5) is 5.69 Å². The standard InChI is InChI=1S/C15H22N4/c1-12(2)19(11-13-4-3-6-17-9-13)15-10-18-7-5-14(15)8-16/h5,7,10,12-13,17H,3-4,6,9,11H2,1-2H3. The maximum Gasteiger partial charge on any atom is 0.101 e. The normalized spacial score (nSPS) is 19.2. The summed E-state index contributed by atoms with van der Waals surface area (Å²) in [5.41, 5.74) is 1.68. The van der Waals surface area contributed by atoms with Gasteiger partial charge in [0, 0.05) is 18.8 Å². The van der Waals surface area contributed by atoms with Gasteiger partial charge >= 0.3 is 0 Å². The Morgan fingerprint density at radius 3 is 3.05 bits per heavy atom. The molecule has 2 rings (SSSR count). The van der Waals surface area contributed by atoms with Crippen LogP contribution in [0.5, 0.6) is 0 Å². The van der Waals surface area contributed by atoms with Crippen molar-refractivity contribution in [3.8, 4) is 6.07 Å².